The van der Waals surface area contributed by atoms with Crippen molar-refractivity contribution in [2.75, 3.05) is 7.11 Å². The molecule has 0 radical (unpaired) electrons. The standard InChI is InChI=1S/C15H15NO2/c1-12-7-3-4-8-13(12)11-16(17)14-9-5-6-10-15(14)18-2/h3-11H,1-2H3/b16-11-. The van der Waals surface area contributed by atoms with Gasteiger partial charge in [-0.3, -0.25) is 0 Å². The van der Waals surface area contributed by atoms with Crippen molar-refractivity contribution in [3.63, 3.8) is 0 Å². The molecule has 0 amide bonds. The van der Waals surface area contributed by atoms with Crippen molar-refractivity contribution in [1.29, 1.82) is 0 Å². The number of rotatable bonds is 3. The van der Waals surface area contributed by atoms with Gasteiger partial charge in [-0.05, 0) is 24.6 Å². The molecule has 0 unspecified atom stereocenters. The van der Waals surface area contributed by atoms with Gasteiger partial charge in [0, 0.05) is 11.6 Å². The van der Waals surface area contributed by atoms with Crippen LogP contribution in [0.4, 0.5) is 5.69 Å². The van der Waals surface area contributed by atoms with E-state index in [1.165, 1.54) is 0 Å². The van der Waals surface area contributed by atoms with E-state index in [1.807, 2.05) is 43.3 Å². The van der Waals surface area contributed by atoms with Crippen molar-refractivity contribution in [3.8, 4) is 5.75 Å². The molecule has 0 heterocycles. The van der Waals surface area contributed by atoms with Gasteiger partial charge in [-0.25, -0.2) is 0 Å². The van der Waals surface area contributed by atoms with E-state index in [9.17, 15) is 5.21 Å². The summed E-state index contributed by atoms with van der Waals surface area (Å²) in [6.45, 7) is 1.97. The summed E-state index contributed by atoms with van der Waals surface area (Å²) in [6, 6.07) is 14.9. The van der Waals surface area contributed by atoms with Crippen LogP contribution in [0.5, 0.6) is 5.75 Å². The quantitative estimate of drug-likeness (QED) is 0.358. The predicted octanol–water partition coefficient (Wildman–Crippen LogP) is 3.26. The second-order valence-electron chi connectivity index (χ2n) is 3.98. The van der Waals surface area contributed by atoms with Gasteiger partial charge in [-0.1, -0.05) is 30.3 Å². The van der Waals surface area contributed by atoms with Crippen LogP contribution in [-0.2, 0) is 0 Å². The zero-order valence-corrected chi connectivity index (χ0v) is 10.5. The maximum Gasteiger partial charge on any atom is 0.258 e. The van der Waals surface area contributed by atoms with Crippen LogP contribution in [0, 0.1) is 12.1 Å². The largest absolute Gasteiger partial charge is 0.618 e. The van der Waals surface area contributed by atoms with Gasteiger partial charge in [0.25, 0.3) is 5.69 Å². The first-order valence-corrected chi connectivity index (χ1v) is 5.72. The Morgan fingerprint density at radius 1 is 1.06 bits per heavy atom. The molecule has 0 aliphatic heterocycles. The molecule has 3 heteroatoms. The third-order valence-corrected chi connectivity index (χ3v) is 2.77. The van der Waals surface area contributed by atoms with Crippen LogP contribution >= 0.6 is 0 Å². The summed E-state index contributed by atoms with van der Waals surface area (Å²) in [5.74, 6) is 0.567. The van der Waals surface area contributed by atoms with Crippen LogP contribution < -0.4 is 4.74 Å². The van der Waals surface area contributed by atoms with Gasteiger partial charge in [0.1, 0.15) is 0 Å². The minimum absolute atomic E-state index is 0.503. The zero-order chi connectivity index (χ0) is 13.0. The first-order chi connectivity index (χ1) is 8.72. The minimum Gasteiger partial charge on any atom is -0.618 e. The number of aryl methyl sites for hydroxylation is 1. The molecular formula is C15H15NO2. The molecule has 0 saturated carbocycles. The van der Waals surface area contributed by atoms with Gasteiger partial charge >= 0.3 is 0 Å². The van der Waals surface area contributed by atoms with E-state index in [4.69, 9.17) is 4.74 Å². The van der Waals surface area contributed by atoms with E-state index in [1.54, 1.807) is 25.5 Å². The Bertz CT molecular complexity index is 576. The average molecular weight is 241 g/mol. The molecule has 0 saturated heterocycles. The van der Waals surface area contributed by atoms with E-state index in [0.29, 0.717) is 11.4 Å². The number of nitrogens with zero attached hydrogens (tertiary/aromatic N) is 1. The van der Waals surface area contributed by atoms with Crippen molar-refractivity contribution < 1.29 is 9.48 Å². The van der Waals surface area contributed by atoms with Gasteiger partial charge in [0.05, 0.1) is 7.11 Å². The monoisotopic (exact) mass is 241 g/mol. The van der Waals surface area contributed by atoms with Crippen LogP contribution in [0.2, 0.25) is 0 Å². The second-order valence-corrected chi connectivity index (χ2v) is 3.98. The Morgan fingerprint density at radius 2 is 1.72 bits per heavy atom. The molecule has 0 atom stereocenters. The van der Waals surface area contributed by atoms with E-state index < -0.39 is 0 Å². The van der Waals surface area contributed by atoms with Gasteiger partial charge < -0.3 is 9.94 Å². The molecule has 0 N–H and O–H groups in total. The highest BCUT2D eigenvalue weighted by Crippen LogP contribution is 2.25. The molecule has 0 bridgehead atoms. The number of hydrogen-bond donors (Lipinski definition) is 0. The number of ether oxygens (including phenoxy) is 1. The number of hydrogen-bond acceptors (Lipinski definition) is 2. The molecule has 0 fully saturated rings. The summed E-state index contributed by atoms with van der Waals surface area (Å²) in [7, 11) is 1.56. The third kappa shape index (κ3) is 2.51. The lowest BCUT2D eigenvalue weighted by atomic mass is 10.1. The van der Waals surface area contributed by atoms with Crippen molar-refractivity contribution in [2.45, 2.75) is 6.92 Å². The molecule has 18 heavy (non-hydrogen) atoms. The van der Waals surface area contributed by atoms with Crippen molar-refractivity contribution in [2.24, 2.45) is 0 Å². The predicted molar refractivity (Wildman–Crippen MR) is 72.6 cm³/mol. The summed E-state index contributed by atoms with van der Waals surface area (Å²) >= 11 is 0. The van der Waals surface area contributed by atoms with Crippen LogP contribution in [0.25, 0.3) is 0 Å². The maximum absolute atomic E-state index is 12.1. The molecule has 3 nitrogen and oxygen atoms in total. The van der Waals surface area contributed by atoms with Gasteiger partial charge in [-0.2, -0.15) is 4.74 Å². The van der Waals surface area contributed by atoms with E-state index >= 15 is 0 Å². The van der Waals surface area contributed by atoms with Gasteiger partial charge in [0.2, 0.25) is 0 Å². The molecule has 0 aliphatic carbocycles. The summed E-state index contributed by atoms with van der Waals surface area (Å²) in [5.41, 5.74) is 2.47. The topological polar surface area (TPSA) is 35.3 Å². The van der Waals surface area contributed by atoms with E-state index in [-0.39, 0.29) is 0 Å². The fraction of sp³-hybridized carbons (Fsp3) is 0.133. The van der Waals surface area contributed by atoms with Gasteiger partial charge in [-0.15, -0.1) is 0 Å². The van der Waals surface area contributed by atoms with Crippen LogP contribution in [0.15, 0.2) is 48.5 Å². The first-order valence-electron chi connectivity index (χ1n) is 5.72. The molecule has 92 valence electrons. The first kappa shape index (κ1) is 12.2. The van der Waals surface area contributed by atoms with Crippen molar-refractivity contribution in [1.82, 2.24) is 0 Å². The Balaban J connectivity index is 2.42. The second kappa shape index (κ2) is 5.36. The summed E-state index contributed by atoms with van der Waals surface area (Å²) in [5, 5.41) is 12.1. The van der Waals surface area contributed by atoms with Gasteiger partial charge in [0.15, 0.2) is 12.0 Å². The smallest absolute Gasteiger partial charge is 0.258 e. The molecule has 0 spiro atoms. The third-order valence-electron chi connectivity index (χ3n) is 2.77. The minimum atomic E-state index is 0.503. The lowest BCUT2D eigenvalue weighted by molar-refractivity contribution is -0.355. The highest BCUT2D eigenvalue weighted by atomic mass is 16.5. The Hall–Kier alpha value is -2.29. The highest BCUT2D eigenvalue weighted by Gasteiger charge is 2.09. The fourth-order valence-electron chi connectivity index (χ4n) is 1.74. The van der Waals surface area contributed by atoms with E-state index in [2.05, 4.69) is 0 Å². The lowest BCUT2D eigenvalue weighted by Gasteiger charge is -2.07. The average Bonchev–Trinajstić information content (AvgIpc) is 2.41. The van der Waals surface area contributed by atoms with Crippen LogP contribution in [0.3, 0.4) is 0 Å². The molecule has 2 aromatic carbocycles. The molecule has 0 aliphatic rings. The van der Waals surface area contributed by atoms with Crippen molar-refractivity contribution >= 4 is 11.9 Å². The number of para-hydroxylation sites is 2. The summed E-state index contributed by atoms with van der Waals surface area (Å²) < 4.78 is 6.01. The summed E-state index contributed by atoms with van der Waals surface area (Å²) in [4.78, 5) is 0. The SMILES string of the molecule is COc1ccccc1/[N+]([O-])=C/c1ccccc1C. The number of benzene rings is 2. The lowest BCUT2D eigenvalue weighted by Crippen LogP contribution is -2.02. The van der Waals surface area contributed by atoms with Crippen LogP contribution in [0.1, 0.15) is 11.1 Å². The number of methoxy groups -OCH3 is 1. The molecule has 2 aromatic rings. The van der Waals surface area contributed by atoms with E-state index in [0.717, 1.165) is 15.9 Å². The Labute approximate surface area is 107 Å². The molecule has 0 aromatic heterocycles. The van der Waals surface area contributed by atoms with Crippen molar-refractivity contribution in [3.05, 3.63) is 64.9 Å². The fourth-order valence-corrected chi connectivity index (χ4v) is 1.74. The summed E-state index contributed by atoms with van der Waals surface area (Å²) in [6.07, 6.45) is 1.56. The maximum atomic E-state index is 12.1. The molecular weight excluding hydrogens is 226 g/mol. The molecule has 2 rings (SSSR count). The highest BCUT2D eigenvalue weighted by molar-refractivity contribution is 5.79. The Kier molecular flexibility index (Phi) is 3.63. The normalized spacial score (nSPS) is 11.3. The van der Waals surface area contributed by atoms with Crippen LogP contribution in [-0.4, -0.2) is 18.1 Å². The Morgan fingerprint density at radius 3 is 2.44 bits per heavy atom. The zero-order valence-electron chi connectivity index (χ0n) is 10.5.